The van der Waals surface area contributed by atoms with E-state index in [1.165, 1.54) is 11.8 Å². The van der Waals surface area contributed by atoms with Crippen LogP contribution in [-0.4, -0.2) is 17.0 Å². The number of hydrogen-bond acceptors (Lipinski definition) is 2. The van der Waals surface area contributed by atoms with Crippen molar-refractivity contribution in [3.63, 3.8) is 0 Å². The zero-order valence-electron chi connectivity index (χ0n) is 7.76. The average molecular weight is 296 g/mol. The maximum Gasteiger partial charge on any atom is 0.378 e. The van der Waals surface area contributed by atoms with Crippen LogP contribution in [0.25, 0.3) is 0 Å². The number of carbonyl (C=O) groups is 1. The Kier molecular flexibility index (Phi) is 4.10. The summed E-state index contributed by atoms with van der Waals surface area (Å²) in [5.41, 5.74) is 0.353. The van der Waals surface area contributed by atoms with Crippen molar-refractivity contribution < 1.29 is 13.6 Å². The molecule has 0 heterocycles. The molecular weight excluding hydrogens is 288 g/mol. The SMILES string of the molecule is CSc1cccc(NC(=O)C(F)(F)Br)c1. The molecule has 0 unspecified atom stereocenters. The van der Waals surface area contributed by atoms with Gasteiger partial charge in [-0.25, -0.2) is 0 Å². The smallest absolute Gasteiger partial charge is 0.320 e. The fraction of sp³-hybridized carbons (Fsp3) is 0.222. The number of rotatable bonds is 3. The Morgan fingerprint density at radius 1 is 1.53 bits per heavy atom. The molecule has 1 aromatic rings. The third kappa shape index (κ3) is 3.79. The lowest BCUT2D eigenvalue weighted by Crippen LogP contribution is -2.28. The summed E-state index contributed by atoms with van der Waals surface area (Å²) in [6.45, 7) is 0. The summed E-state index contributed by atoms with van der Waals surface area (Å²) in [7, 11) is 0. The summed E-state index contributed by atoms with van der Waals surface area (Å²) in [5, 5.41) is 2.11. The van der Waals surface area contributed by atoms with Gasteiger partial charge in [0.25, 0.3) is 0 Å². The monoisotopic (exact) mass is 295 g/mol. The number of halogens is 3. The Morgan fingerprint density at radius 2 is 2.20 bits per heavy atom. The first-order chi connectivity index (χ1) is 6.93. The number of anilines is 1. The fourth-order valence-corrected chi connectivity index (χ4v) is 1.46. The molecule has 1 amide bonds. The van der Waals surface area contributed by atoms with Crippen LogP contribution in [0.1, 0.15) is 0 Å². The van der Waals surface area contributed by atoms with Gasteiger partial charge in [-0.1, -0.05) is 6.07 Å². The van der Waals surface area contributed by atoms with E-state index in [0.29, 0.717) is 5.69 Å². The van der Waals surface area contributed by atoms with Crippen LogP contribution in [0.3, 0.4) is 0 Å². The van der Waals surface area contributed by atoms with Crippen LogP contribution < -0.4 is 5.32 Å². The van der Waals surface area contributed by atoms with Gasteiger partial charge in [0.1, 0.15) is 0 Å². The first kappa shape index (κ1) is 12.4. The summed E-state index contributed by atoms with van der Waals surface area (Å²) >= 11 is 3.45. The summed E-state index contributed by atoms with van der Waals surface area (Å²) in [5.74, 6) is -1.37. The van der Waals surface area contributed by atoms with Crippen molar-refractivity contribution in [2.45, 2.75) is 9.73 Å². The molecule has 1 aromatic carbocycles. The predicted octanol–water partition coefficient (Wildman–Crippen LogP) is 3.33. The van der Waals surface area contributed by atoms with Gasteiger partial charge in [0, 0.05) is 26.5 Å². The molecule has 1 N–H and O–H groups in total. The van der Waals surface area contributed by atoms with E-state index in [-0.39, 0.29) is 0 Å². The lowest BCUT2D eigenvalue weighted by Gasteiger charge is -2.09. The quantitative estimate of drug-likeness (QED) is 0.684. The third-order valence-electron chi connectivity index (χ3n) is 1.59. The number of nitrogens with one attached hydrogen (secondary N) is 1. The molecule has 6 heteroatoms. The molecule has 2 nitrogen and oxygen atoms in total. The molecule has 0 aliphatic carbocycles. The zero-order chi connectivity index (χ0) is 11.5. The van der Waals surface area contributed by atoms with E-state index in [1.54, 1.807) is 18.2 Å². The van der Waals surface area contributed by atoms with Crippen LogP contribution in [0, 0.1) is 0 Å². The lowest BCUT2D eigenvalue weighted by atomic mass is 10.3. The van der Waals surface area contributed by atoms with E-state index in [1.807, 2.05) is 28.3 Å². The largest absolute Gasteiger partial charge is 0.378 e. The first-order valence-corrected chi connectivity index (χ1v) is 5.97. The maximum absolute atomic E-state index is 12.5. The van der Waals surface area contributed by atoms with Gasteiger partial charge >= 0.3 is 10.7 Å². The minimum Gasteiger partial charge on any atom is -0.320 e. The van der Waals surface area contributed by atoms with E-state index >= 15 is 0 Å². The second-order valence-corrected chi connectivity index (χ2v) is 4.56. The van der Waals surface area contributed by atoms with Gasteiger partial charge < -0.3 is 5.32 Å². The summed E-state index contributed by atoms with van der Waals surface area (Å²) in [4.78, 5) is 8.27. The van der Waals surface area contributed by atoms with Gasteiger partial charge in [-0.3, -0.25) is 4.79 Å². The van der Waals surface area contributed by atoms with Crippen molar-refractivity contribution in [1.82, 2.24) is 0 Å². The van der Waals surface area contributed by atoms with Crippen LogP contribution in [0.5, 0.6) is 0 Å². The molecule has 0 aromatic heterocycles. The minimum absolute atomic E-state index is 0.353. The third-order valence-corrected chi connectivity index (χ3v) is 2.67. The van der Waals surface area contributed by atoms with Crippen molar-refractivity contribution >= 4 is 39.3 Å². The number of benzene rings is 1. The number of hydrogen-bond donors (Lipinski definition) is 1. The van der Waals surface area contributed by atoms with E-state index in [9.17, 15) is 13.6 Å². The molecule has 0 spiro atoms. The Bertz CT molecular complexity index is 367. The van der Waals surface area contributed by atoms with Gasteiger partial charge in [-0.15, -0.1) is 11.8 Å². The Balaban J connectivity index is 2.77. The van der Waals surface area contributed by atoms with Crippen molar-refractivity contribution in [3.8, 4) is 0 Å². The highest BCUT2D eigenvalue weighted by Gasteiger charge is 2.34. The normalized spacial score (nSPS) is 11.2. The second-order valence-electron chi connectivity index (χ2n) is 2.68. The first-order valence-electron chi connectivity index (χ1n) is 3.95. The molecule has 0 fully saturated rings. The molecule has 0 aliphatic heterocycles. The van der Waals surface area contributed by atoms with E-state index in [0.717, 1.165) is 4.90 Å². The van der Waals surface area contributed by atoms with Crippen molar-refractivity contribution in [3.05, 3.63) is 24.3 Å². The molecular formula is C9H8BrF2NOS. The van der Waals surface area contributed by atoms with Crippen molar-refractivity contribution in [2.75, 3.05) is 11.6 Å². The van der Waals surface area contributed by atoms with Crippen molar-refractivity contribution in [2.24, 2.45) is 0 Å². The highest BCUT2D eigenvalue weighted by atomic mass is 79.9. The van der Waals surface area contributed by atoms with Crippen LogP contribution in [0.4, 0.5) is 14.5 Å². The summed E-state index contributed by atoms with van der Waals surface area (Å²) in [6.07, 6.45) is 1.86. The molecule has 0 saturated heterocycles. The molecule has 0 saturated carbocycles. The van der Waals surface area contributed by atoms with Gasteiger partial charge in [0.2, 0.25) is 0 Å². The Hall–Kier alpha value is -0.620. The van der Waals surface area contributed by atoms with Gasteiger partial charge in [-0.2, -0.15) is 8.78 Å². The summed E-state index contributed by atoms with van der Waals surface area (Å²) < 4.78 is 25.0. The number of carbonyl (C=O) groups excluding carboxylic acids is 1. The van der Waals surface area contributed by atoms with Gasteiger partial charge in [0.15, 0.2) is 0 Å². The van der Waals surface area contributed by atoms with Gasteiger partial charge in [-0.05, 0) is 24.5 Å². The average Bonchev–Trinajstić information content (AvgIpc) is 2.16. The standard InChI is InChI=1S/C9H8BrF2NOS/c1-15-7-4-2-3-6(5-7)13-8(14)9(10,11)12/h2-5H,1H3,(H,13,14). The summed E-state index contributed by atoms with van der Waals surface area (Å²) in [6, 6.07) is 6.69. The molecule has 0 atom stereocenters. The predicted molar refractivity (Wildman–Crippen MR) is 60.7 cm³/mol. The number of thioether (sulfide) groups is 1. The van der Waals surface area contributed by atoms with Crippen LogP contribution >= 0.6 is 27.7 Å². The van der Waals surface area contributed by atoms with Crippen LogP contribution in [-0.2, 0) is 4.79 Å². The van der Waals surface area contributed by atoms with Gasteiger partial charge in [0.05, 0.1) is 0 Å². The fourth-order valence-electron chi connectivity index (χ4n) is 0.903. The Morgan fingerprint density at radius 3 is 2.73 bits per heavy atom. The van der Waals surface area contributed by atoms with Crippen LogP contribution in [0.15, 0.2) is 29.2 Å². The molecule has 0 bridgehead atoms. The lowest BCUT2D eigenvalue weighted by molar-refractivity contribution is -0.128. The zero-order valence-corrected chi connectivity index (χ0v) is 10.2. The highest BCUT2D eigenvalue weighted by molar-refractivity contribution is 9.10. The molecule has 0 radical (unpaired) electrons. The molecule has 1 rings (SSSR count). The maximum atomic E-state index is 12.5. The highest BCUT2D eigenvalue weighted by Crippen LogP contribution is 2.25. The number of alkyl halides is 3. The van der Waals surface area contributed by atoms with E-state index < -0.39 is 10.7 Å². The topological polar surface area (TPSA) is 29.1 Å². The minimum atomic E-state index is -3.54. The van der Waals surface area contributed by atoms with Crippen molar-refractivity contribution in [1.29, 1.82) is 0 Å². The Labute approximate surface area is 98.6 Å². The molecule has 0 aliphatic rings. The van der Waals surface area contributed by atoms with E-state index in [2.05, 4.69) is 5.32 Å². The molecule has 82 valence electrons. The number of amides is 1. The molecule has 15 heavy (non-hydrogen) atoms. The second kappa shape index (κ2) is 4.94. The van der Waals surface area contributed by atoms with E-state index in [4.69, 9.17) is 0 Å². The van der Waals surface area contributed by atoms with Crippen LogP contribution in [0.2, 0.25) is 0 Å².